The first-order valence-electron chi connectivity index (χ1n) is 7.38. The van der Waals surface area contributed by atoms with Gasteiger partial charge in [-0.2, -0.15) is 0 Å². The van der Waals surface area contributed by atoms with Crippen LogP contribution < -0.4 is 5.32 Å². The van der Waals surface area contributed by atoms with Crippen LogP contribution in [0.2, 0.25) is 0 Å². The molecule has 0 bridgehead atoms. The van der Waals surface area contributed by atoms with E-state index in [1.54, 1.807) is 0 Å². The normalized spacial score (nSPS) is 33.9. The Hall–Kier alpha value is -1.39. The van der Waals surface area contributed by atoms with E-state index in [2.05, 4.69) is 12.2 Å². The molecule has 1 unspecified atom stereocenters. The molecule has 0 aromatic heterocycles. The van der Waals surface area contributed by atoms with Crippen LogP contribution in [0.5, 0.6) is 0 Å². The number of piperidine rings is 1. The maximum absolute atomic E-state index is 12.3. The van der Waals surface area contributed by atoms with E-state index >= 15 is 0 Å². The molecule has 0 aliphatic carbocycles. The van der Waals surface area contributed by atoms with Gasteiger partial charge in [-0.25, -0.2) is 0 Å². The number of carbonyl (C=O) groups excluding carboxylic acids is 1. The number of amides is 1. The van der Waals surface area contributed by atoms with Crippen molar-refractivity contribution in [3.8, 4) is 0 Å². The molecule has 1 spiro atoms. The number of aliphatic hydroxyl groups excluding tert-OH is 1. The largest absolute Gasteiger partial charge is 0.390 e. The van der Waals surface area contributed by atoms with Crippen molar-refractivity contribution >= 4 is 5.91 Å². The smallest absolute Gasteiger partial charge is 0.226 e. The van der Waals surface area contributed by atoms with Crippen LogP contribution in [0.25, 0.3) is 0 Å². The van der Waals surface area contributed by atoms with Gasteiger partial charge in [0.2, 0.25) is 5.91 Å². The molecule has 1 aromatic carbocycles. The number of benzene rings is 1. The van der Waals surface area contributed by atoms with Crippen molar-refractivity contribution in [3.63, 3.8) is 0 Å². The number of likely N-dealkylation sites (tertiary alicyclic amines) is 1. The molecule has 0 saturated carbocycles. The van der Waals surface area contributed by atoms with E-state index < -0.39 is 6.10 Å². The lowest BCUT2D eigenvalue weighted by Crippen LogP contribution is -2.59. The van der Waals surface area contributed by atoms with Crippen LogP contribution in [0.3, 0.4) is 0 Å². The minimum Gasteiger partial charge on any atom is -0.390 e. The van der Waals surface area contributed by atoms with Crippen molar-refractivity contribution in [1.29, 1.82) is 0 Å². The van der Waals surface area contributed by atoms with E-state index in [-0.39, 0.29) is 17.9 Å². The van der Waals surface area contributed by atoms with E-state index in [1.165, 1.54) is 0 Å². The molecule has 2 aliphatic heterocycles. The summed E-state index contributed by atoms with van der Waals surface area (Å²) in [7, 11) is 0. The third-order valence-electron chi connectivity index (χ3n) is 4.72. The van der Waals surface area contributed by atoms with Gasteiger partial charge in [0.25, 0.3) is 0 Å². The van der Waals surface area contributed by atoms with Crippen molar-refractivity contribution in [3.05, 3.63) is 35.9 Å². The summed E-state index contributed by atoms with van der Waals surface area (Å²) in [6, 6.07) is 10.4. The zero-order chi connectivity index (χ0) is 14.2. The second-order valence-electron chi connectivity index (χ2n) is 6.10. The molecule has 2 fully saturated rings. The second-order valence-corrected chi connectivity index (χ2v) is 6.10. The second kappa shape index (κ2) is 5.19. The zero-order valence-corrected chi connectivity index (χ0v) is 11.9. The van der Waals surface area contributed by atoms with Gasteiger partial charge in [-0.15, -0.1) is 0 Å². The van der Waals surface area contributed by atoms with Crippen molar-refractivity contribution in [2.24, 2.45) is 0 Å². The number of rotatable bonds is 2. The Morgan fingerprint density at radius 3 is 2.85 bits per heavy atom. The van der Waals surface area contributed by atoms with E-state index in [4.69, 9.17) is 0 Å². The fraction of sp³-hybridized carbons (Fsp3) is 0.562. The first-order chi connectivity index (χ1) is 9.62. The fourth-order valence-electron chi connectivity index (χ4n) is 3.69. The van der Waals surface area contributed by atoms with E-state index in [0.717, 1.165) is 24.9 Å². The highest BCUT2D eigenvalue weighted by molar-refractivity contribution is 5.81. The summed E-state index contributed by atoms with van der Waals surface area (Å²) in [5.74, 6) is 0.0791. The van der Waals surface area contributed by atoms with Gasteiger partial charge < -0.3 is 15.3 Å². The number of nitrogens with one attached hydrogen (secondary N) is 1. The van der Waals surface area contributed by atoms with Crippen molar-refractivity contribution < 1.29 is 9.90 Å². The molecule has 4 heteroatoms. The summed E-state index contributed by atoms with van der Waals surface area (Å²) in [6.07, 6.45) is 1.38. The molecule has 1 amide bonds. The minimum atomic E-state index is -0.539. The lowest BCUT2D eigenvalue weighted by Gasteiger charge is -2.45. The third-order valence-corrected chi connectivity index (χ3v) is 4.72. The predicted octanol–water partition coefficient (Wildman–Crippen LogP) is 1.29. The molecule has 3 rings (SSSR count). The van der Waals surface area contributed by atoms with Gasteiger partial charge in [0.05, 0.1) is 18.1 Å². The molecular weight excluding hydrogens is 252 g/mol. The molecule has 2 aliphatic rings. The summed E-state index contributed by atoms with van der Waals surface area (Å²) in [5.41, 5.74) is 0.748. The van der Waals surface area contributed by atoms with Crippen LogP contribution in [0, 0.1) is 0 Å². The predicted molar refractivity (Wildman–Crippen MR) is 77.0 cm³/mol. The Balaban J connectivity index is 1.88. The first-order valence-corrected chi connectivity index (χ1v) is 7.38. The summed E-state index contributed by atoms with van der Waals surface area (Å²) in [4.78, 5) is 14.2. The van der Waals surface area contributed by atoms with Crippen LogP contribution in [-0.2, 0) is 11.3 Å². The first kappa shape index (κ1) is 13.6. The van der Waals surface area contributed by atoms with Crippen LogP contribution in [0.15, 0.2) is 30.3 Å². The van der Waals surface area contributed by atoms with Gasteiger partial charge in [-0.1, -0.05) is 30.3 Å². The van der Waals surface area contributed by atoms with Crippen molar-refractivity contribution in [2.75, 3.05) is 6.54 Å². The molecule has 2 saturated heterocycles. The summed E-state index contributed by atoms with van der Waals surface area (Å²) in [6.45, 7) is 3.58. The van der Waals surface area contributed by atoms with Crippen molar-refractivity contribution in [2.45, 2.75) is 50.4 Å². The van der Waals surface area contributed by atoms with Crippen LogP contribution in [0.4, 0.5) is 0 Å². The Bertz CT molecular complexity index is 491. The molecule has 3 atom stereocenters. The molecule has 0 radical (unpaired) electrons. The Morgan fingerprint density at radius 2 is 2.15 bits per heavy atom. The lowest BCUT2D eigenvalue weighted by atomic mass is 9.80. The Morgan fingerprint density at radius 1 is 1.40 bits per heavy atom. The third kappa shape index (κ3) is 2.23. The molecule has 2 heterocycles. The van der Waals surface area contributed by atoms with Crippen molar-refractivity contribution in [1.82, 2.24) is 10.2 Å². The lowest BCUT2D eigenvalue weighted by molar-refractivity contribution is -0.133. The number of hydrogen-bond donors (Lipinski definition) is 2. The maximum atomic E-state index is 12.3. The quantitative estimate of drug-likeness (QED) is 0.854. The molecule has 2 N–H and O–H groups in total. The van der Waals surface area contributed by atoms with Gasteiger partial charge >= 0.3 is 0 Å². The van der Waals surface area contributed by atoms with Gasteiger partial charge in [-0.3, -0.25) is 4.79 Å². The summed E-state index contributed by atoms with van der Waals surface area (Å²) >= 11 is 0. The topological polar surface area (TPSA) is 52.6 Å². The number of aliphatic hydroxyl groups is 1. The SMILES string of the molecule is C[C@H]1C[C@]2(CCN1)C(O)CC(=O)N2Cc1ccccc1. The fourth-order valence-corrected chi connectivity index (χ4v) is 3.69. The summed E-state index contributed by atoms with van der Waals surface area (Å²) in [5, 5.41) is 13.9. The average Bonchev–Trinajstić information content (AvgIpc) is 2.64. The molecular formula is C16H22N2O2. The average molecular weight is 274 g/mol. The van der Waals surface area contributed by atoms with Crippen LogP contribution in [-0.4, -0.2) is 40.1 Å². The van der Waals surface area contributed by atoms with E-state index in [0.29, 0.717) is 12.6 Å². The molecule has 1 aromatic rings. The van der Waals surface area contributed by atoms with Crippen LogP contribution in [0.1, 0.15) is 31.7 Å². The summed E-state index contributed by atoms with van der Waals surface area (Å²) < 4.78 is 0. The zero-order valence-electron chi connectivity index (χ0n) is 11.9. The highest BCUT2D eigenvalue weighted by Crippen LogP contribution is 2.40. The van der Waals surface area contributed by atoms with Crippen LogP contribution >= 0.6 is 0 Å². The number of hydrogen-bond acceptors (Lipinski definition) is 3. The Labute approximate surface area is 119 Å². The Kier molecular flexibility index (Phi) is 3.52. The van der Waals surface area contributed by atoms with E-state index in [1.807, 2.05) is 35.2 Å². The monoisotopic (exact) mass is 274 g/mol. The molecule has 4 nitrogen and oxygen atoms in total. The van der Waals surface area contributed by atoms with Gasteiger partial charge in [0.15, 0.2) is 0 Å². The van der Waals surface area contributed by atoms with Gasteiger partial charge in [-0.05, 0) is 31.9 Å². The number of nitrogens with zero attached hydrogens (tertiary/aromatic N) is 1. The highest BCUT2D eigenvalue weighted by Gasteiger charge is 2.53. The maximum Gasteiger partial charge on any atom is 0.226 e. The van der Waals surface area contributed by atoms with Gasteiger partial charge in [0, 0.05) is 12.6 Å². The highest BCUT2D eigenvalue weighted by atomic mass is 16.3. The van der Waals surface area contributed by atoms with Gasteiger partial charge in [0.1, 0.15) is 0 Å². The standard InChI is InChI=1S/C16H22N2O2/c1-12-10-16(7-8-17-12)14(19)9-15(20)18(16)11-13-5-3-2-4-6-13/h2-6,12,14,17,19H,7-11H2,1H3/t12-,14?,16+/m0/s1. The number of carbonyl (C=O) groups is 1. The van der Waals surface area contributed by atoms with E-state index in [9.17, 15) is 9.90 Å². The molecule has 20 heavy (non-hydrogen) atoms. The minimum absolute atomic E-state index is 0.0791. The molecule has 108 valence electrons.